The molecule has 0 aliphatic heterocycles. The van der Waals surface area contributed by atoms with E-state index < -0.39 is 73.2 Å². The maximum absolute atomic E-state index is 11.8. The molecule has 5 atom stereocenters. The molecule has 19 N–H and O–H groups in total. The molecule has 0 saturated carbocycles. The van der Waals surface area contributed by atoms with Gasteiger partial charge in [0.05, 0.1) is 40.1 Å². The van der Waals surface area contributed by atoms with Crippen molar-refractivity contribution in [2.75, 3.05) is 59.3 Å². The number of hydrogen-bond acceptors (Lipinski definition) is 22. The minimum absolute atomic E-state index is 0. The topological polar surface area (TPSA) is 484 Å². The fourth-order valence-corrected chi connectivity index (χ4v) is 4.97. The molecule has 1 radical (unpaired) electrons. The Morgan fingerprint density at radius 1 is 0.506 bits per heavy atom. The van der Waals surface area contributed by atoms with Crippen LogP contribution in [-0.4, -0.2) is 174 Å². The average molecular weight is 1610 g/mol. The first-order chi connectivity index (χ1) is 40.5. The molecule has 518 valence electrons. The van der Waals surface area contributed by atoms with Crippen molar-refractivity contribution in [2.45, 2.75) is 91.5 Å². The predicted octanol–water partition coefficient (Wildman–Crippen LogP) is 0.00260. The number of carboxylic acids is 1. The number of esters is 3. The van der Waals surface area contributed by atoms with Gasteiger partial charge in [0.2, 0.25) is 29.5 Å². The van der Waals surface area contributed by atoms with Gasteiger partial charge >= 0.3 is 48.2 Å². The van der Waals surface area contributed by atoms with Crippen molar-refractivity contribution in [3.05, 3.63) is 144 Å². The first-order valence-corrected chi connectivity index (χ1v) is 27.6. The summed E-state index contributed by atoms with van der Waals surface area (Å²) >= 11 is 3.85. The molecule has 28 nitrogen and oxygen atoms in total. The Bertz CT molecular complexity index is 2350. The van der Waals surface area contributed by atoms with Crippen LogP contribution in [0.4, 0.5) is 0 Å². The van der Waals surface area contributed by atoms with Crippen LogP contribution in [0.3, 0.4) is 0 Å². The fraction of sp³-hybridized carbons (Fsp3) is 0.411. The van der Waals surface area contributed by atoms with E-state index in [1.807, 2.05) is 126 Å². The number of rotatable bonds is 20. The number of alkyl halides is 1. The third-order valence-electron chi connectivity index (χ3n) is 8.95. The van der Waals surface area contributed by atoms with Crippen LogP contribution in [0.15, 0.2) is 121 Å². The Hall–Kier alpha value is -5.50. The molecule has 0 bridgehead atoms. The number of halogens is 3. The number of nitrogens with two attached hydrogens (primary N) is 4. The standard InChI is InChI=1S/C13H18N2O3.C12H16N2O3.C10H14N2O2.C7H9N.C4H9NO3.C4H6O3.C3H7NO3.CH3I.CH4O.CH4.2Ag.2ClH.O/c1-10(16)15-12(9-18-2)13(17)14-8-11-6-4-3-5-7-11;1-9(16)14-11(8-15)12(17)13-7-10-5-3-2-4-6-10;11-9(7-13)10(14)12-6-8-4-2-1-3-5-8;8-6-7-4-2-1-3-5-7;1-8-4(7)3(5)2-6;1-3(5)7-4(2)6;4-2(1-5)3(6)7;2*1-2;;;;;;/h3-7,12H,8-9H2,1-2H3,(H,14,17)(H,15,16);2-6,11,15H,7-8H2,1H3,(H,13,17)(H,14,16);1-5,9,13H,6-7,11H2,(H,12,14);1-5H,6,8H2;3,6H,2,5H2,1H3;1-2H3;2,5H,1,4H2,(H,6,7);1H3;2H,1H3;1H4;;;2*1H;. The van der Waals surface area contributed by atoms with Gasteiger partial charge in [-0.15, -0.1) is 24.8 Å². The first-order valence-electron chi connectivity index (χ1n) is 24.8. The molecule has 0 aromatic heterocycles. The zero-order valence-corrected chi connectivity index (χ0v) is 56.7. The molecule has 0 saturated heterocycles. The molecule has 89 heavy (non-hydrogen) atoms. The van der Waals surface area contributed by atoms with Crippen LogP contribution in [0.25, 0.3) is 0 Å². The van der Waals surface area contributed by atoms with Crippen molar-refractivity contribution in [2.24, 2.45) is 22.9 Å². The van der Waals surface area contributed by atoms with Crippen LogP contribution < -0.4 is 49.5 Å². The molecule has 33 heteroatoms. The number of aliphatic hydroxyl groups is 5. The molecule has 4 rings (SSSR count). The summed E-state index contributed by atoms with van der Waals surface area (Å²) in [6, 6.07) is 34.1. The van der Waals surface area contributed by atoms with E-state index >= 15 is 0 Å². The second kappa shape index (κ2) is 75.0. The number of hydrogen-bond donors (Lipinski definition) is 15. The number of carbonyl (C=O) groups excluding carboxylic acids is 8. The molecular formula is C56H92Ag2Cl2IN9O19. The fourth-order valence-electron chi connectivity index (χ4n) is 4.97. The van der Waals surface area contributed by atoms with Gasteiger partial charge in [-0.1, -0.05) is 151 Å². The molecule has 5 unspecified atom stereocenters. The monoisotopic (exact) mass is 1610 g/mol. The Morgan fingerprint density at radius 2 is 0.798 bits per heavy atom. The quantitative estimate of drug-likeness (QED) is 0.0182. The van der Waals surface area contributed by atoms with Gasteiger partial charge in [-0.05, 0) is 27.2 Å². The van der Waals surface area contributed by atoms with E-state index in [1.165, 1.54) is 47.5 Å². The van der Waals surface area contributed by atoms with E-state index in [0.29, 0.717) is 26.2 Å². The summed E-state index contributed by atoms with van der Waals surface area (Å²) in [5, 5.41) is 61.6. The second-order valence-electron chi connectivity index (χ2n) is 15.8. The number of ether oxygens (including phenoxy) is 3. The van der Waals surface area contributed by atoms with E-state index in [0.717, 1.165) is 23.8 Å². The van der Waals surface area contributed by atoms with Gasteiger partial charge in [0.1, 0.15) is 30.2 Å². The van der Waals surface area contributed by atoms with Gasteiger partial charge < -0.3 is 94.4 Å². The molecule has 5 amide bonds. The number of carbonyl (C=O) groups is 9. The zero-order valence-electron chi connectivity index (χ0n) is 49.9. The SMILES string of the molecule is C.CC(=O)NC(CO)C(=O)NCc1ccccc1.CC(=O)OC(C)=O.CI.CO.COC(=O)C(N)CO.COCC(NC(C)=O)C(=O)NCc1ccccc1.Cl.Cl.NC(CO)C(=O)NCc1ccccc1.NC(CO)C(=O)O.NCc1ccccc1.[Ag].[O]=[Ag]. The van der Waals surface area contributed by atoms with Crippen molar-refractivity contribution in [1.82, 2.24) is 26.6 Å². The van der Waals surface area contributed by atoms with Gasteiger partial charge in [-0.25, -0.2) is 0 Å². The first kappa shape index (κ1) is 105. The molecular weight excluding hydrogens is 1520 g/mol. The van der Waals surface area contributed by atoms with Gasteiger partial charge in [-0.2, -0.15) is 0 Å². The summed E-state index contributed by atoms with van der Waals surface area (Å²) in [6.45, 7) is 5.44. The van der Waals surface area contributed by atoms with Crippen LogP contribution in [0.1, 0.15) is 57.4 Å². The van der Waals surface area contributed by atoms with Crippen molar-refractivity contribution in [3.8, 4) is 0 Å². The van der Waals surface area contributed by atoms with Gasteiger partial charge in [0, 0.05) is 90.5 Å². The third kappa shape index (κ3) is 68.3. The zero-order chi connectivity index (χ0) is 66.6. The second-order valence-corrected chi connectivity index (χ2v) is 15.8. The number of aliphatic hydroxyl groups excluding tert-OH is 5. The van der Waals surface area contributed by atoms with E-state index in [4.69, 9.17) is 61.6 Å². The Morgan fingerprint density at radius 3 is 1.00 bits per heavy atom. The third-order valence-corrected chi connectivity index (χ3v) is 8.95. The maximum atomic E-state index is 11.8. The molecule has 0 spiro atoms. The summed E-state index contributed by atoms with van der Waals surface area (Å²) in [7, 11) is 3.71. The number of aliphatic carboxylic acids is 1. The predicted molar refractivity (Wildman–Crippen MR) is 341 cm³/mol. The molecule has 4 aromatic rings. The number of methoxy groups -OCH3 is 2. The van der Waals surface area contributed by atoms with Crippen molar-refractivity contribution >= 4 is 101 Å². The summed E-state index contributed by atoms with van der Waals surface area (Å²) in [4.78, 5) is 97.8. The number of carboxylic acid groups (broad SMARTS) is 1. The van der Waals surface area contributed by atoms with Crippen LogP contribution in [-0.2, 0) is 130 Å². The van der Waals surface area contributed by atoms with Crippen LogP contribution in [0, 0.1) is 0 Å². The minimum atomic E-state index is -1.18. The van der Waals surface area contributed by atoms with E-state index in [-0.39, 0.29) is 98.1 Å². The van der Waals surface area contributed by atoms with Crippen LogP contribution in [0.2, 0.25) is 0 Å². The summed E-state index contributed by atoms with van der Waals surface area (Å²) in [6.07, 6.45) is 0. The Balaban J connectivity index is -0.000000103. The molecule has 0 aliphatic rings. The molecule has 0 heterocycles. The van der Waals surface area contributed by atoms with Gasteiger partial charge in [0.15, 0.2) is 0 Å². The van der Waals surface area contributed by atoms with Crippen LogP contribution in [0.5, 0.6) is 0 Å². The number of benzene rings is 4. The summed E-state index contributed by atoms with van der Waals surface area (Å²) in [5.41, 5.74) is 24.6. The molecule has 0 aliphatic carbocycles. The van der Waals surface area contributed by atoms with Gasteiger partial charge in [-0.3, -0.25) is 43.2 Å². The van der Waals surface area contributed by atoms with Gasteiger partial charge in [0.25, 0.3) is 0 Å². The normalized spacial score (nSPS) is 10.3. The molecule has 0 fully saturated rings. The van der Waals surface area contributed by atoms with E-state index in [9.17, 15) is 43.2 Å². The summed E-state index contributed by atoms with van der Waals surface area (Å²) < 4.78 is 21.1. The molecule has 4 aromatic carbocycles. The van der Waals surface area contributed by atoms with Crippen LogP contribution >= 0.6 is 47.4 Å². The average Bonchev–Trinajstić information content (AvgIpc) is 3.64. The van der Waals surface area contributed by atoms with E-state index in [2.05, 4.69) is 58.6 Å². The van der Waals surface area contributed by atoms with E-state index in [1.54, 1.807) is 21.0 Å². The van der Waals surface area contributed by atoms with Crippen molar-refractivity contribution in [1.29, 1.82) is 0 Å². The number of amides is 5. The Labute approximate surface area is 575 Å². The number of nitrogens with one attached hydrogen (secondary N) is 5. The van der Waals surface area contributed by atoms with Crippen molar-refractivity contribution < 1.29 is 135 Å². The summed E-state index contributed by atoms with van der Waals surface area (Å²) in [5.74, 6) is -4.49. The van der Waals surface area contributed by atoms with Crippen molar-refractivity contribution in [3.63, 3.8) is 0 Å². The Kier molecular flexibility index (Phi) is 88.6.